The first-order chi connectivity index (χ1) is 26.8. The highest BCUT2D eigenvalue weighted by molar-refractivity contribution is 6.14. The molecule has 0 aliphatic heterocycles. The van der Waals surface area contributed by atoms with Crippen LogP contribution in [0.4, 0.5) is 0 Å². The summed E-state index contributed by atoms with van der Waals surface area (Å²) in [5, 5.41) is 2.67. The fourth-order valence-corrected chi connectivity index (χ4v) is 10.1. The maximum absolute atomic E-state index is 2.48. The minimum atomic E-state index is -0.559. The van der Waals surface area contributed by atoms with Gasteiger partial charge in [-0.3, -0.25) is 0 Å². The van der Waals surface area contributed by atoms with Crippen molar-refractivity contribution >= 4 is 10.8 Å². The van der Waals surface area contributed by atoms with E-state index in [2.05, 4.69) is 218 Å². The highest BCUT2D eigenvalue weighted by atomic mass is 14.5. The van der Waals surface area contributed by atoms with E-state index in [0.29, 0.717) is 0 Å². The lowest BCUT2D eigenvalue weighted by molar-refractivity contribution is 0.735. The van der Waals surface area contributed by atoms with Crippen molar-refractivity contribution in [2.24, 2.45) is 0 Å². The second kappa shape index (κ2) is 11.9. The Hall–Kier alpha value is -6.76. The Morgan fingerprint density at radius 1 is 0.222 bits per heavy atom. The fraction of sp³-hybridized carbons (Fsp3) is 0.0370. The van der Waals surface area contributed by atoms with Crippen LogP contribution in [0.3, 0.4) is 0 Å². The van der Waals surface area contributed by atoms with Crippen molar-refractivity contribution in [2.75, 3.05) is 0 Å². The minimum absolute atomic E-state index is 0.530. The molecule has 0 radical (unpaired) electrons. The van der Waals surface area contributed by atoms with Gasteiger partial charge in [-0.25, -0.2) is 0 Å². The van der Waals surface area contributed by atoms with Crippen molar-refractivity contribution < 1.29 is 0 Å². The van der Waals surface area contributed by atoms with E-state index < -0.39 is 10.8 Å². The molecule has 0 N–H and O–H groups in total. The van der Waals surface area contributed by atoms with Gasteiger partial charge in [-0.1, -0.05) is 212 Å². The van der Waals surface area contributed by atoms with E-state index in [4.69, 9.17) is 0 Å². The Kier molecular flexibility index (Phi) is 6.78. The third kappa shape index (κ3) is 4.08. The molecule has 2 aliphatic carbocycles. The lowest BCUT2D eigenvalue weighted by Crippen LogP contribution is -2.36. The van der Waals surface area contributed by atoms with Gasteiger partial charge in [-0.15, -0.1) is 0 Å². The van der Waals surface area contributed by atoms with Crippen molar-refractivity contribution in [1.82, 2.24) is 0 Å². The predicted molar refractivity (Wildman–Crippen MR) is 224 cm³/mol. The van der Waals surface area contributed by atoms with Crippen LogP contribution in [-0.2, 0) is 10.8 Å². The average molecular weight is 685 g/mol. The normalized spacial score (nSPS) is 14.2. The van der Waals surface area contributed by atoms with Crippen LogP contribution in [0.5, 0.6) is 0 Å². The molecule has 0 fully saturated rings. The highest BCUT2D eigenvalue weighted by Gasteiger charge is 2.49. The van der Waals surface area contributed by atoms with Crippen molar-refractivity contribution in [2.45, 2.75) is 10.8 Å². The molecule has 11 rings (SSSR count). The molecule has 0 unspecified atom stereocenters. The minimum Gasteiger partial charge on any atom is -0.0622 e. The van der Waals surface area contributed by atoms with E-state index in [1.54, 1.807) is 0 Å². The van der Waals surface area contributed by atoms with Gasteiger partial charge in [0, 0.05) is 0 Å². The van der Waals surface area contributed by atoms with Crippen molar-refractivity contribution in [1.29, 1.82) is 0 Å². The molecule has 0 atom stereocenters. The zero-order valence-corrected chi connectivity index (χ0v) is 29.8. The van der Waals surface area contributed by atoms with Crippen LogP contribution < -0.4 is 0 Å². The van der Waals surface area contributed by atoms with E-state index in [1.165, 1.54) is 88.7 Å². The Bertz CT molecular complexity index is 2760. The summed E-state index contributed by atoms with van der Waals surface area (Å²) < 4.78 is 0. The maximum Gasteiger partial charge on any atom is 0.0713 e. The molecular formula is C54H36. The van der Waals surface area contributed by atoms with Gasteiger partial charge in [0.1, 0.15) is 0 Å². The first kappa shape index (κ1) is 30.8. The second-order valence-electron chi connectivity index (χ2n) is 14.7. The Morgan fingerprint density at radius 2 is 0.593 bits per heavy atom. The van der Waals surface area contributed by atoms with E-state index >= 15 is 0 Å². The van der Waals surface area contributed by atoms with Crippen molar-refractivity contribution in [3.8, 4) is 33.4 Å². The van der Waals surface area contributed by atoms with Gasteiger partial charge in [0.25, 0.3) is 0 Å². The van der Waals surface area contributed by atoms with E-state index in [0.717, 1.165) is 0 Å². The van der Waals surface area contributed by atoms with Gasteiger partial charge in [-0.05, 0) is 94.7 Å². The summed E-state index contributed by atoms with van der Waals surface area (Å²) in [6, 6.07) is 81.6. The molecule has 0 saturated heterocycles. The van der Waals surface area contributed by atoms with Crippen LogP contribution in [0.15, 0.2) is 218 Å². The summed E-state index contributed by atoms with van der Waals surface area (Å²) in [4.78, 5) is 0. The summed E-state index contributed by atoms with van der Waals surface area (Å²) in [5.74, 6) is 0. The lowest BCUT2D eigenvalue weighted by Gasteiger charge is -2.46. The van der Waals surface area contributed by atoms with Crippen molar-refractivity contribution in [3.63, 3.8) is 0 Å². The molecular weight excluding hydrogens is 649 g/mol. The third-order valence-electron chi connectivity index (χ3n) is 12.2. The quantitative estimate of drug-likeness (QED) is 0.169. The monoisotopic (exact) mass is 684 g/mol. The van der Waals surface area contributed by atoms with Gasteiger partial charge < -0.3 is 0 Å². The number of benzene rings is 9. The summed E-state index contributed by atoms with van der Waals surface area (Å²) in [6.07, 6.45) is 0. The zero-order chi connectivity index (χ0) is 35.7. The first-order valence-corrected chi connectivity index (χ1v) is 18.9. The van der Waals surface area contributed by atoms with Gasteiger partial charge in [-0.2, -0.15) is 0 Å². The number of rotatable bonds is 5. The molecule has 9 aromatic carbocycles. The molecule has 0 heterocycles. The standard InChI is InChI=1S/C54H36/c1-6-18-37(19-7-1)38-30-33-48-46(36-38)45-32-31-44-43-28-16-17-29-47(43)53(39-20-8-2-9-21-39,40-22-10-3-11-23-40)49-34-35-50(52(45)51(44)49)54(48,41-24-12-4-13-25-41)42-26-14-5-15-27-42/h1-36H. The summed E-state index contributed by atoms with van der Waals surface area (Å²) in [5.41, 5.74) is 16.9. The number of hydrogen-bond donors (Lipinski definition) is 0. The van der Waals surface area contributed by atoms with E-state index in [-0.39, 0.29) is 0 Å². The van der Waals surface area contributed by atoms with Crippen LogP contribution in [0.25, 0.3) is 44.2 Å². The predicted octanol–water partition coefficient (Wildman–Crippen LogP) is 13.2. The Morgan fingerprint density at radius 3 is 1.07 bits per heavy atom. The Labute approximate surface area is 316 Å². The van der Waals surface area contributed by atoms with Crippen LogP contribution in [-0.4, -0.2) is 0 Å². The molecule has 0 spiro atoms. The van der Waals surface area contributed by atoms with Gasteiger partial charge in [0.15, 0.2) is 0 Å². The van der Waals surface area contributed by atoms with Crippen LogP contribution in [0.1, 0.15) is 44.5 Å². The lowest BCUT2D eigenvalue weighted by atomic mass is 9.55. The van der Waals surface area contributed by atoms with Crippen LogP contribution in [0.2, 0.25) is 0 Å². The van der Waals surface area contributed by atoms with E-state index in [1.807, 2.05) is 0 Å². The van der Waals surface area contributed by atoms with Gasteiger partial charge in [0.05, 0.1) is 10.8 Å². The summed E-state index contributed by atoms with van der Waals surface area (Å²) >= 11 is 0. The second-order valence-corrected chi connectivity index (χ2v) is 14.7. The molecule has 54 heavy (non-hydrogen) atoms. The molecule has 0 bridgehead atoms. The average Bonchev–Trinajstić information content (AvgIpc) is 3.26. The zero-order valence-electron chi connectivity index (χ0n) is 29.8. The smallest absolute Gasteiger partial charge is 0.0622 e. The topological polar surface area (TPSA) is 0 Å². The van der Waals surface area contributed by atoms with Crippen molar-refractivity contribution in [3.05, 3.63) is 263 Å². The third-order valence-corrected chi connectivity index (χ3v) is 12.2. The maximum atomic E-state index is 2.48. The number of hydrogen-bond acceptors (Lipinski definition) is 0. The molecule has 0 heteroatoms. The SMILES string of the molecule is c1ccc(-c2ccc3c(c2)-c2ccc4c5c(ccc(c25)C3(c2ccccc2)c2ccccc2)C(c2ccccc2)(c2ccccc2)c2ccccc2-4)cc1. The van der Waals surface area contributed by atoms with Crippen LogP contribution >= 0.6 is 0 Å². The highest BCUT2D eigenvalue weighted by Crippen LogP contribution is 2.61. The molecule has 0 amide bonds. The molecule has 0 aromatic heterocycles. The summed E-state index contributed by atoms with van der Waals surface area (Å²) in [6.45, 7) is 0. The van der Waals surface area contributed by atoms with Gasteiger partial charge >= 0.3 is 0 Å². The molecule has 0 nitrogen and oxygen atoms in total. The first-order valence-electron chi connectivity index (χ1n) is 18.9. The fourth-order valence-electron chi connectivity index (χ4n) is 10.1. The largest absolute Gasteiger partial charge is 0.0713 e. The summed E-state index contributed by atoms with van der Waals surface area (Å²) in [7, 11) is 0. The van der Waals surface area contributed by atoms with E-state index in [9.17, 15) is 0 Å². The molecule has 9 aromatic rings. The molecule has 2 aliphatic rings. The Balaban J connectivity index is 1.37. The number of fused-ring (bicyclic) bond motifs is 4. The molecule has 0 saturated carbocycles. The van der Waals surface area contributed by atoms with Gasteiger partial charge in [0.2, 0.25) is 0 Å². The van der Waals surface area contributed by atoms with Crippen LogP contribution in [0, 0.1) is 0 Å². The molecule has 252 valence electrons.